The van der Waals surface area contributed by atoms with E-state index in [0.717, 1.165) is 26.7 Å². The minimum Gasteiger partial charge on any atom is -0.325 e. The van der Waals surface area contributed by atoms with Crippen LogP contribution in [-0.4, -0.2) is 28.5 Å². The fourth-order valence-corrected chi connectivity index (χ4v) is 3.45. The fourth-order valence-electron chi connectivity index (χ4n) is 2.22. The Hall–Kier alpha value is -2.09. The average Bonchev–Trinajstić information content (AvgIpc) is 2.86. The summed E-state index contributed by atoms with van der Waals surface area (Å²) in [7, 11) is 0. The Labute approximate surface area is 167 Å². The van der Waals surface area contributed by atoms with Gasteiger partial charge in [-0.25, -0.2) is 0 Å². The van der Waals surface area contributed by atoms with Crippen LogP contribution in [0.2, 0.25) is 5.02 Å². The van der Waals surface area contributed by atoms with Gasteiger partial charge in [0.2, 0.25) is 5.91 Å². The molecule has 0 unspecified atom stereocenters. The van der Waals surface area contributed by atoms with Crippen molar-refractivity contribution in [2.45, 2.75) is 0 Å². The molecule has 0 saturated carbocycles. The molecule has 26 heavy (non-hydrogen) atoms. The maximum absolute atomic E-state index is 12.4. The molecule has 3 rings (SSSR count). The molecule has 8 heteroatoms. The fraction of sp³-hybridized carbons (Fsp3) is 0.0556. The number of nitrogens with zero attached hydrogens (tertiary/aromatic N) is 1. The third kappa shape index (κ3) is 4.55. The van der Waals surface area contributed by atoms with Gasteiger partial charge in [0, 0.05) is 15.2 Å². The number of carbonyl (C=O) groups excluding carboxylic acids is 3. The van der Waals surface area contributed by atoms with Crippen LogP contribution in [0.1, 0.15) is 5.56 Å². The molecule has 0 spiro atoms. The molecular formula is C18H12BrClN2O3S. The summed E-state index contributed by atoms with van der Waals surface area (Å²) < 4.78 is 0.918. The van der Waals surface area contributed by atoms with E-state index in [1.807, 2.05) is 24.3 Å². The van der Waals surface area contributed by atoms with Gasteiger partial charge in [-0.1, -0.05) is 39.7 Å². The number of rotatable bonds is 4. The topological polar surface area (TPSA) is 66.5 Å². The molecule has 1 heterocycles. The average molecular weight is 452 g/mol. The Bertz CT molecular complexity index is 898. The summed E-state index contributed by atoms with van der Waals surface area (Å²) in [6.45, 7) is -0.342. The summed E-state index contributed by atoms with van der Waals surface area (Å²) in [6, 6.07) is 13.9. The van der Waals surface area contributed by atoms with E-state index in [0.29, 0.717) is 10.7 Å². The molecule has 2 aromatic carbocycles. The first-order valence-electron chi connectivity index (χ1n) is 7.49. The highest BCUT2D eigenvalue weighted by atomic mass is 79.9. The number of amides is 3. The van der Waals surface area contributed by atoms with Crippen LogP contribution in [-0.2, 0) is 9.59 Å². The number of hydrogen-bond donors (Lipinski definition) is 1. The molecule has 1 N–H and O–H groups in total. The molecule has 0 radical (unpaired) electrons. The third-order valence-corrected chi connectivity index (χ3v) is 5.16. The molecule has 2 aromatic rings. The Morgan fingerprint density at radius 2 is 1.77 bits per heavy atom. The first-order valence-corrected chi connectivity index (χ1v) is 9.47. The zero-order valence-electron chi connectivity index (χ0n) is 13.2. The SMILES string of the molecule is O=C(CN1C(=O)S/C(=C\c2ccc(Br)cc2)C1=O)Nc1ccc(Cl)cc1. The zero-order chi connectivity index (χ0) is 18.7. The van der Waals surface area contributed by atoms with Gasteiger partial charge < -0.3 is 5.32 Å². The Morgan fingerprint density at radius 1 is 1.12 bits per heavy atom. The molecular weight excluding hydrogens is 440 g/mol. The minimum atomic E-state index is -0.478. The number of anilines is 1. The molecule has 3 amide bonds. The van der Waals surface area contributed by atoms with Crippen molar-refractivity contribution in [3.63, 3.8) is 0 Å². The number of nitrogens with one attached hydrogen (secondary N) is 1. The summed E-state index contributed by atoms with van der Waals surface area (Å²) in [6.07, 6.45) is 1.63. The number of thioether (sulfide) groups is 1. The van der Waals surface area contributed by atoms with Crippen LogP contribution in [0.4, 0.5) is 10.5 Å². The molecule has 132 valence electrons. The van der Waals surface area contributed by atoms with Gasteiger partial charge in [-0.3, -0.25) is 19.3 Å². The second-order valence-corrected chi connectivity index (χ2v) is 7.72. The lowest BCUT2D eigenvalue weighted by atomic mass is 10.2. The molecule has 1 fully saturated rings. The van der Waals surface area contributed by atoms with Crippen LogP contribution in [0.15, 0.2) is 57.9 Å². The second-order valence-electron chi connectivity index (χ2n) is 5.37. The van der Waals surface area contributed by atoms with E-state index >= 15 is 0 Å². The number of carbonyl (C=O) groups is 3. The number of imide groups is 1. The van der Waals surface area contributed by atoms with Crippen LogP contribution in [0.3, 0.4) is 0 Å². The maximum Gasteiger partial charge on any atom is 0.294 e. The van der Waals surface area contributed by atoms with E-state index in [1.54, 1.807) is 30.3 Å². The van der Waals surface area contributed by atoms with Gasteiger partial charge in [0.25, 0.3) is 11.1 Å². The summed E-state index contributed by atoms with van der Waals surface area (Å²) in [5.41, 5.74) is 1.33. The molecule has 0 aliphatic carbocycles. The molecule has 1 saturated heterocycles. The van der Waals surface area contributed by atoms with Gasteiger partial charge in [-0.05, 0) is 59.8 Å². The standard InChI is InChI=1S/C18H12BrClN2O3S/c19-12-3-1-11(2-4-12)9-15-17(24)22(18(25)26-15)10-16(23)21-14-7-5-13(20)6-8-14/h1-9H,10H2,(H,21,23)/b15-9-. The van der Waals surface area contributed by atoms with Crippen molar-refractivity contribution in [1.29, 1.82) is 0 Å². The Morgan fingerprint density at radius 3 is 2.42 bits per heavy atom. The minimum absolute atomic E-state index is 0.289. The van der Waals surface area contributed by atoms with Crippen molar-refractivity contribution in [1.82, 2.24) is 4.90 Å². The lowest BCUT2D eigenvalue weighted by Gasteiger charge is -2.12. The van der Waals surface area contributed by atoms with E-state index < -0.39 is 17.1 Å². The molecule has 0 atom stereocenters. The molecule has 0 aromatic heterocycles. The highest BCUT2D eigenvalue weighted by Crippen LogP contribution is 2.32. The van der Waals surface area contributed by atoms with Gasteiger partial charge in [0.1, 0.15) is 6.54 Å². The van der Waals surface area contributed by atoms with E-state index in [4.69, 9.17) is 11.6 Å². The van der Waals surface area contributed by atoms with Crippen molar-refractivity contribution in [3.05, 3.63) is 68.5 Å². The first kappa shape index (κ1) is 18.7. The van der Waals surface area contributed by atoms with E-state index in [-0.39, 0.29) is 11.4 Å². The van der Waals surface area contributed by atoms with Crippen LogP contribution in [0, 0.1) is 0 Å². The lowest BCUT2D eigenvalue weighted by Crippen LogP contribution is -2.36. The first-order chi connectivity index (χ1) is 12.4. The monoisotopic (exact) mass is 450 g/mol. The van der Waals surface area contributed by atoms with E-state index in [1.165, 1.54) is 0 Å². The van der Waals surface area contributed by atoms with Gasteiger partial charge in [0.05, 0.1) is 4.91 Å². The Balaban J connectivity index is 1.67. The van der Waals surface area contributed by atoms with Crippen LogP contribution in [0.5, 0.6) is 0 Å². The van der Waals surface area contributed by atoms with Gasteiger partial charge in [-0.15, -0.1) is 0 Å². The highest BCUT2D eigenvalue weighted by molar-refractivity contribution is 9.10. The van der Waals surface area contributed by atoms with Crippen molar-refractivity contribution < 1.29 is 14.4 Å². The van der Waals surface area contributed by atoms with E-state index in [2.05, 4.69) is 21.2 Å². The normalized spacial score (nSPS) is 15.6. The molecule has 0 bridgehead atoms. The quantitative estimate of drug-likeness (QED) is 0.680. The van der Waals surface area contributed by atoms with Gasteiger partial charge in [-0.2, -0.15) is 0 Å². The molecule has 1 aliphatic rings. The number of halogens is 2. The number of hydrogen-bond acceptors (Lipinski definition) is 4. The van der Waals surface area contributed by atoms with Crippen LogP contribution < -0.4 is 5.32 Å². The van der Waals surface area contributed by atoms with Gasteiger partial charge >= 0.3 is 0 Å². The Kier molecular flexibility index (Phi) is 5.80. The largest absolute Gasteiger partial charge is 0.325 e. The van der Waals surface area contributed by atoms with Crippen LogP contribution in [0.25, 0.3) is 6.08 Å². The lowest BCUT2D eigenvalue weighted by molar-refractivity contribution is -0.127. The van der Waals surface area contributed by atoms with Crippen molar-refractivity contribution in [2.24, 2.45) is 0 Å². The summed E-state index contributed by atoms with van der Waals surface area (Å²) in [5, 5.41) is 2.71. The highest BCUT2D eigenvalue weighted by Gasteiger charge is 2.36. The third-order valence-electron chi connectivity index (χ3n) is 3.47. The van der Waals surface area contributed by atoms with Crippen molar-refractivity contribution >= 4 is 68.1 Å². The number of benzene rings is 2. The van der Waals surface area contributed by atoms with Gasteiger partial charge in [0.15, 0.2) is 0 Å². The predicted molar refractivity (Wildman–Crippen MR) is 107 cm³/mol. The second kappa shape index (κ2) is 8.07. The predicted octanol–water partition coefficient (Wildman–Crippen LogP) is 4.78. The van der Waals surface area contributed by atoms with Crippen molar-refractivity contribution in [2.75, 3.05) is 11.9 Å². The molecule has 5 nitrogen and oxygen atoms in total. The zero-order valence-corrected chi connectivity index (χ0v) is 16.4. The smallest absolute Gasteiger partial charge is 0.294 e. The van der Waals surface area contributed by atoms with Crippen molar-refractivity contribution in [3.8, 4) is 0 Å². The summed E-state index contributed by atoms with van der Waals surface area (Å²) in [4.78, 5) is 37.9. The summed E-state index contributed by atoms with van der Waals surface area (Å²) in [5.74, 6) is -0.936. The van der Waals surface area contributed by atoms with E-state index in [9.17, 15) is 14.4 Å². The molecule has 1 aliphatic heterocycles. The summed E-state index contributed by atoms with van der Waals surface area (Å²) >= 11 is 9.95. The maximum atomic E-state index is 12.4. The van der Waals surface area contributed by atoms with Crippen LogP contribution >= 0.6 is 39.3 Å².